The van der Waals surface area contributed by atoms with Crippen LogP contribution in [0.2, 0.25) is 0 Å². The van der Waals surface area contributed by atoms with Crippen LogP contribution in [0.4, 0.5) is 4.39 Å². The summed E-state index contributed by atoms with van der Waals surface area (Å²) in [5.74, 6) is 4.29. The van der Waals surface area contributed by atoms with Crippen LogP contribution in [0.1, 0.15) is 22.8 Å². The molecular weight excluding hydrogens is 209 g/mol. The number of halogens is 1. The molecule has 0 aliphatic rings. The lowest BCUT2D eigenvalue weighted by Crippen LogP contribution is -2.30. The maximum atomic E-state index is 13.4. The van der Waals surface area contributed by atoms with Crippen molar-refractivity contribution in [2.75, 3.05) is 13.6 Å². The molecule has 5 heteroatoms. The number of amides is 1. The molecule has 0 heterocycles. The highest BCUT2D eigenvalue weighted by Crippen LogP contribution is 2.12. The predicted molar refractivity (Wildman–Crippen MR) is 60.1 cm³/mol. The van der Waals surface area contributed by atoms with Crippen LogP contribution in [-0.2, 0) is 6.54 Å². The third-order valence-electron chi connectivity index (χ3n) is 2.42. The lowest BCUT2D eigenvalue weighted by atomic mass is 10.1. The number of benzene rings is 1. The van der Waals surface area contributed by atoms with Gasteiger partial charge in [-0.3, -0.25) is 10.2 Å². The number of nitrogens with one attached hydrogen (secondary N) is 1. The van der Waals surface area contributed by atoms with Gasteiger partial charge in [0.2, 0.25) is 0 Å². The molecule has 0 aliphatic carbocycles. The van der Waals surface area contributed by atoms with Crippen molar-refractivity contribution in [2.45, 2.75) is 13.5 Å². The van der Waals surface area contributed by atoms with Crippen molar-refractivity contribution in [1.29, 1.82) is 0 Å². The molecule has 0 spiro atoms. The highest BCUT2D eigenvalue weighted by atomic mass is 19.1. The second-order valence-corrected chi connectivity index (χ2v) is 3.61. The summed E-state index contributed by atoms with van der Waals surface area (Å²) in [6, 6.07) is 4.21. The Labute approximate surface area is 94.2 Å². The predicted octanol–water partition coefficient (Wildman–Crippen LogP) is 0.881. The van der Waals surface area contributed by atoms with Crippen molar-refractivity contribution in [3.8, 4) is 0 Å². The third-order valence-corrected chi connectivity index (χ3v) is 2.42. The molecule has 3 N–H and O–H groups in total. The van der Waals surface area contributed by atoms with Crippen LogP contribution in [0.3, 0.4) is 0 Å². The van der Waals surface area contributed by atoms with E-state index in [0.29, 0.717) is 17.7 Å². The number of carbonyl (C=O) groups is 1. The van der Waals surface area contributed by atoms with E-state index < -0.39 is 5.91 Å². The third kappa shape index (κ3) is 3.01. The van der Waals surface area contributed by atoms with Crippen LogP contribution in [0, 0.1) is 5.82 Å². The fourth-order valence-electron chi connectivity index (χ4n) is 1.32. The zero-order chi connectivity index (χ0) is 12.1. The van der Waals surface area contributed by atoms with Crippen LogP contribution in [0.25, 0.3) is 0 Å². The Morgan fingerprint density at radius 1 is 1.56 bits per heavy atom. The molecule has 0 saturated heterocycles. The normalized spacial score (nSPS) is 10.6. The molecule has 0 bridgehead atoms. The van der Waals surface area contributed by atoms with Gasteiger partial charge in [-0.1, -0.05) is 6.92 Å². The lowest BCUT2D eigenvalue weighted by molar-refractivity contribution is 0.0953. The van der Waals surface area contributed by atoms with E-state index in [1.165, 1.54) is 18.2 Å². The molecule has 0 radical (unpaired) electrons. The maximum absolute atomic E-state index is 13.4. The average molecular weight is 225 g/mol. The van der Waals surface area contributed by atoms with E-state index in [9.17, 15) is 9.18 Å². The topological polar surface area (TPSA) is 58.4 Å². The average Bonchev–Trinajstić information content (AvgIpc) is 2.30. The summed E-state index contributed by atoms with van der Waals surface area (Å²) in [4.78, 5) is 13.2. The minimum absolute atomic E-state index is 0.311. The van der Waals surface area contributed by atoms with Gasteiger partial charge in [-0.25, -0.2) is 10.2 Å². The quantitative estimate of drug-likeness (QED) is 0.454. The van der Waals surface area contributed by atoms with Gasteiger partial charge < -0.3 is 4.90 Å². The largest absolute Gasteiger partial charge is 0.302 e. The van der Waals surface area contributed by atoms with E-state index >= 15 is 0 Å². The van der Waals surface area contributed by atoms with Crippen molar-refractivity contribution >= 4 is 5.91 Å². The van der Waals surface area contributed by atoms with Crippen LogP contribution < -0.4 is 11.3 Å². The van der Waals surface area contributed by atoms with Gasteiger partial charge in [-0.15, -0.1) is 0 Å². The van der Waals surface area contributed by atoms with Crippen molar-refractivity contribution < 1.29 is 9.18 Å². The van der Waals surface area contributed by atoms with Gasteiger partial charge >= 0.3 is 0 Å². The Kier molecular flexibility index (Phi) is 4.39. The van der Waals surface area contributed by atoms with Gasteiger partial charge in [0.1, 0.15) is 5.82 Å². The second kappa shape index (κ2) is 5.58. The highest BCUT2D eigenvalue weighted by Gasteiger charge is 2.09. The summed E-state index contributed by atoms with van der Waals surface area (Å²) >= 11 is 0. The van der Waals surface area contributed by atoms with Gasteiger partial charge in [0.15, 0.2) is 0 Å². The summed E-state index contributed by atoms with van der Waals surface area (Å²) in [6.45, 7) is 3.26. The Hall–Kier alpha value is -1.46. The minimum Gasteiger partial charge on any atom is -0.302 e. The van der Waals surface area contributed by atoms with Crippen molar-refractivity contribution in [3.05, 3.63) is 35.1 Å². The monoisotopic (exact) mass is 225 g/mol. The van der Waals surface area contributed by atoms with E-state index in [4.69, 9.17) is 5.84 Å². The summed E-state index contributed by atoms with van der Waals surface area (Å²) in [5, 5.41) is 0. The van der Waals surface area contributed by atoms with Gasteiger partial charge in [0.25, 0.3) is 5.91 Å². The van der Waals surface area contributed by atoms with Crippen LogP contribution in [0.15, 0.2) is 18.2 Å². The summed E-state index contributed by atoms with van der Waals surface area (Å²) in [5.41, 5.74) is 2.88. The molecule has 0 aliphatic heterocycles. The van der Waals surface area contributed by atoms with Crippen LogP contribution in [0.5, 0.6) is 0 Å². The summed E-state index contributed by atoms with van der Waals surface area (Å²) < 4.78 is 13.4. The van der Waals surface area contributed by atoms with E-state index in [1.54, 1.807) is 0 Å². The number of carbonyl (C=O) groups excluding carboxylic acids is 1. The molecule has 0 fully saturated rings. The number of hydrogen-bond donors (Lipinski definition) is 2. The van der Waals surface area contributed by atoms with Gasteiger partial charge in [-0.05, 0) is 31.8 Å². The first-order valence-electron chi connectivity index (χ1n) is 5.06. The van der Waals surface area contributed by atoms with Crippen molar-refractivity contribution in [2.24, 2.45) is 5.84 Å². The van der Waals surface area contributed by atoms with E-state index in [1.807, 2.05) is 24.3 Å². The van der Waals surface area contributed by atoms with Crippen molar-refractivity contribution in [3.63, 3.8) is 0 Å². The Balaban J connectivity index is 2.94. The smallest absolute Gasteiger partial charge is 0.265 e. The van der Waals surface area contributed by atoms with Gasteiger partial charge in [-0.2, -0.15) is 0 Å². The molecule has 88 valence electrons. The molecule has 4 nitrogen and oxygen atoms in total. The first-order chi connectivity index (χ1) is 7.58. The molecule has 1 aromatic rings. The van der Waals surface area contributed by atoms with E-state index in [0.717, 1.165) is 6.54 Å². The molecule has 1 rings (SSSR count). The van der Waals surface area contributed by atoms with Crippen LogP contribution in [-0.4, -0.2) is 24.4 Å². The number of nitrogens with two attached hydrogens (primary N) is 1. The van der Waals surface area contributed by atoms with E-state index in [-0.39, 0.29) is 5.82 Å². The highest BCUT2D eigenvalue weighted by molar-refractivity contribution is 5.93. The Morgan fingerprint density at radius 3 is 2.81 bits per heavy atom. The maximum Gasteiger partial charge on any atom is 0.265 e. The number of nitrogen functional groups attached to an aromatic ring is 1. The Morgan fingerprint density at radius 2 is 2.25 bits per heavy atom. The molecule has 16 heavy (non-hydrogen) atoms. The molecule has 1 aromatic carbocycles. The zero-order valence-electron chi connectivity index (χ0n) is 9.46. The zero-order valence-corrected chi connectivity index (χ0v) is 9.46. The SMILES string of the molecule is CCN(C)Cc1cc(C(=O)NN)ccc1F. The molecule has 0 atom stereocenters. The van der Waals surface area contributed by atoms with E-state index in [2.05, 4.69) is 0 Å². The number of rotatable bonds is 4. The van der Waals surface area contributed by atoms with Crippen molar-refractivity contribution in [1.82, 2.24) is 10.3 Å². The molecule has 0 saturated carbocycles. The minimum atomic E-state index is -0.416. The summed E-state index contributed by atoms with van der Waals surface area (Å²) in [7, 11) is 1.88. The first kappa shape index (κ1) is 12.6. The second-order valence-electron chi connectivity index (χ2n) is 3.61. The molecule has 1 amide bonds. The lowest BCUT2D eigenvalue weighted by Gasteiger charge is -2.14. The molecule has 0 unspecified atom stereocenters. The number of nitrogens with zero attached hydrogens (tertiary/aromatic N) is 1. The van der Waals surface area contributed by atoms with Crippen LogP contribution >= 0.6 is 0 Å². The standard InChI is InChI=1S/C11H16FN3O/c1-3-15(2)7-9-6-8(11(16)14-13)4-5-10(9)12/h4-6H,3,7,13H2,1-2H3,(H,14,16). The fraction of sp³-hybridized carbons (Fsp3) is 0.364. The number of hydrazine groups is 1. The molecular formula is C11H16FN3O. The van der Waals surface area contributed by atoms with Gasteiger partial charge in [0.05, 0.1) is 0 Å². The Bertz CT molecular complexity index is 381. The first-order valence-corrected chi connectivity index (χ1v) is 5.06. The fourth-order valence-corrected chi connectivity index (χ4v) is 1.32. The number of hydrogen-bond acceptors (Lipinski definition) is 3. The van der Waals surface area contributed by atoms with Gasteiger partial charge in [0, 0.05) is 17.7 Å². The summed E-state index contributed by atoms with van der Waals surface area (Å²) in [6.07, 6.45) is 0. The molecule has 0 aromatic heterocycles.